The molecular weight excluding hydrogens is 380 g/mol. The Balaban J connectivity index is 1.40. The summed E-state index contributed by atoms with van der Waals surface area (Å²) in [6, 6.07) is 20.0. The normalized spacial score (nSPS) is 14.6. The van der Waals surface area contributed by atoms with Crippen LogP contribution in [0.4, 0.5) is 11.4 Å². The lowest BCUT2D eigenvalue weighted by molar-refractivity contribution is -0.123. The van der Waals surface area contributed by atoms with Crippen LogP contribution in [-0.4, -0.2) is 30.4 Å². The van der Waals surface area contributed by atoms with E-state index in [-0.39, 0.29) is 5.91 Å². The molecule has 1 N–H and O–H groups in total. The number of ether oxygens (including phenoxy) is 1. The molecule has 1 aliphatic rings. The summed E-state index contributed by atoms with van der Waals surface area (Å²) in [5, 5.41) is 4.76. The lowest BCUT2D eigenvalue weighted by Crippen LogP contribution is -2.30. The number of fused-ring (bicyclic) bond motifs is 1. The lowest BCUT2D eigenvalue weighted by Gasteiger charge is -2.17. The molecule has 2 amide bonds. The van der Waals surface area contributed by atoms with Crippen LogP contribution in [-0.2, 0) is 14.3 Å². The van der Waals surface area contributed by atoms with Gasteiger partial charge in [0.05, 0.1) is 5.56 Å². The molecular formula is C24H22N2O4. The first-order chi connectivity index (χ1) is 14.5. The summed E-state index contributed by atoms with van der Waals surface area (Å²) in [5.41, 5.74) is 1.76. The smallest absolute Gasteiger partial charge is 0.338 e. The van der Waals surface area contributed by atoms with Gasteiger partial charge in [-0.05, 0) is 49.1 Å². The molecule has 0 spiro atoms. The molecule has 1 heterocycles. The van der Waals surface area contributed by atoms with E-state index in [1.54, 1.807) is 29.2 Å². The third kappa shape index (κ3) is 4.03. The van der Waals surface area contributed by atoms with Crippen LogP contribution in [0.5, 0.6) is 0 Å². The highest BCUT2D eigenvalue weighted by molar-refractivity contribution is 6.04. The van der Waals surface area contributed by atoms with Gasteiger partial charge in [0.2, 0.25) is 5.91 Å². The van der Waals surface area contributed by atoms with Gasteiger partial charge >= 0.3 is 5.97 Å². The minimum atomic E-state index is -0.962. The highest BCUT2D eigenvalue weighted by Crippen LogP contribution is 2.24. The first-order valence-corrected chi connectivity index (χ1v) is 9.93. The maximum Gasteiger partial charge on any atom is 0.338 e. The molecule has 1 fully saturated rings. The number of nitrogens with zero attached hydrogens (tertiary/aromatic N) is 1. The second-order valence-electron chi connectivity index (χ2n) is 7.26. The first-order valence-electron chi connectivity index (χ1n) is 9.93. The molecule has 0 radical (unpaired) electrons. The van der Waals surface area contributed by atoms with E-state index in [0.717, 1.165) is 22.9 Å². The van der Waals surface area contributed by atoms with E-state index in [1.165, 1.54) is 6.92 Å². The molecule has 1 unspecified atom stereocenters. The molecule has 30 heavy (non-hydrogen) atoms. The van der Waals surface area contributed by atoms with Gasteiger partial charge in [0.1, 0.15) is 0 Å². The van der Waals surface area contributed by atoms with Crippen molar-refractivity contribution >= 4 is 39.9 Å². The monoisotopic (exact) mass is 402 g/mol. The van der Waals surface area contributed by atoms with Crippen LogP contribution in [0, 0.1) is 0 Å². The average molecular weight is 402 g/mol. The third-order valence-corrected chi connectivity index (χ3v) is 5.19. The summed E-state index contributed by atoms with van der Waals surface area (Å²) < 4.78 is 5.34. The number of carbonyl (C=O) groups excluding carboxylic acids is 3. The average Bonchev–Trinajstić information content (AvgIpc) is 3.20. The standard InChI is InChI=1S/C24H22N2O4/c1-16(23(28)25-21-9-4-7-17-6-2-3-8-20(17)21)30-24(29)18-11-13-19(14-12-18)26-15-5-10-22(26)27/h2-4,6-9,11-14,16H,5,10,15H2,1H3,(H,25,28). The van der Waals surface area contributed by atoms with Crippen molar-refractivity contribution in [1.82, 2.24) is 0 Å². The second kappa shape index (κ2) is 8.37. The highest BCUT2D eigenvalue weighted by Gasteiger charge is 2.23. The maximum atomic E-state index is 12.6. The number of benzene rings is 3. The predicted octanol–water partition coefficient (Wildman–Crippen LogP) is 4.15. The van der Waals surface area contributed by atoms with Gasteiger partial charge in [-0.1, -0.05) is 36.4 Å². The van der Waals surface area contributed by atoms with Crippen molar-refractivity contribution in [2.24, 2.45) is 0 Å². The van der Waals surface area contributed by atoms with E-state index in [1.807, 2.05) is 42.5 Å². The fourth-order valence-electron chi connectivity index (χ4n) is 3.55. The Labute approximate surface area is 174 Å². The largest absolute Gasteiger partial charge is 0.449 e. The van der Waals surface area contributed by atoms with Gasteiger partial charge in [-0.2, -0.15) is 0 Å². The van der Waals surface area contributed by atoms with E-state index in [9.17, 15) is 14.4 Å². The lowest BCUT2D eigenvalue weighted by atomic mass is 10.1. The first kappa shape index (κ1) is 19.6. The minimum absolute atomic E-state index is 0.0871. The second-order valence-corrected chi connectivity index (χ2v) is 7.26. The van der Waals surface area contributed by atoms with Gasteiger partial charge < -0.3 is 15.0 Å². The van der Waals surface area contributed by atoms with Crippen molar-refractivity contribution in [1.29, 1.82) is 0 Å². The molecule has 1 saturated heterocycles. The summed E-state index contributed by atoms with van der Waals surface area (Å²) in [4.78, 5) is 38.5. The molecule has 1 aliphatic heterocycles. The molecule has 0 aromatic heterocycles. The number of hydrogen-bond acceptors (Lipinski definition) is 4. The fraction of sp³-hybridized carbons (Fsp3) is 0.208. The highest BCUT2D eigenvalue weighted by atomic mass is 16.5. The number of amides is 2. The number of esters is 1. The summed E-state index contributed by atoms with van der Waals surface area (Å²) in [5.74, 6) is -0.905. The third-order valence-electron chi connectivity index (χ3n) is 5.19. The Morgan fingerprint density at radius 3 is 2.47 bits per heavy atom. The van der Waals surface area contributed by atoms with Crippen LogP contribution in [0.3, 0.4) is 0 Å². The molecule has 0 bridgehead atoms. The molecule has 0 aliphatic carbocycles. The van der Waals surface area contributed by atoms with Crippen molar-refractivity contribution in [3.8, 4) is 0 Å². The van der Waals surface area contributed by atoms with Gasteiger partial charge in [0.25, 0.3) is 5.91 Å². The Hall–Kier alpha value is -3.67. The number of carbonyl (C=O) groups is 3. The fourth-order valence-corrected chi connectivity index (χ4v) is 3.55. The predicted molar refractivity (Wildman–Crippen MR) is 115 cm³/mol. The molecule has 0 saturated carbocycles. The molecule has 3 aromatic carbocycles. The van der Waals surface area contributed by atoms with Crippen LogP contribution in [0.15, 0.2) is 66.7 Å². The summed E-state index contributed by atoms with van der Waals surface area (Å²) in [7, 11) is 0. The van der Waals surface area contributed by atoms with Crippen molar-refractivity contribution in [2.75, 3.05) is 16.8 Å². The number of hydrogen-bond donors (Lipinski definition) is 1. The van der Waals surface area contributed by atoms with Crippen molar-refractivity contribution in [3.63, 3.8) is 0 Å². The number of nitrogens with one attached hydrogen (secondary N) is 1. The van der Waals surface area contributed by atoms with E-state index in [0.29, 0.717) is 24.2 Å². The van der Waals surface area contributed by atoms with Crippen LogP contribution in [0.1, 0.15) is 30.1 Å². The molecule has 3 aromatic rings. The quantitative estimate of drug-likeness (QED) is 0.651. The Bertz CT molecular complexity index is 1100. The molecule has 1 atom stereocenters. The number of rotatable bonds is 5. The zero-order valence-corrected chi connectivity index (χ0v) is 16.6. The molecule has 4 rings (SSSR count). The topological polar surface area (TPSA) is 75.7 Å². The maximum absolute atomic E-state index is 12.6. The van der Waals surface area contributed by atoms with E-state index in [4.69, 9.17) is 4.74 Å². The Morgan fingerprint density at radius 1 is 1.00 bits per heavy atom. The van der Waals surface area contributed by atoms with Gasteiger partial charge in [-0.3, -0.25) is 9.59 Å². The zero-order valence-electron chi connectivity index (χ0n) is 16.6. The van der Waals surface area contributed by atoms with Crippen LogP contribution in [0.2, 0.25) is 0 Å². The summed E-state index contributed by atoms with van der Waals surface area (Å²) >= 11 is 0. The van der Waals surface area contributed by atoms with Crippen LogP contribution < -0.4 is 10.2 Å². The molecule has 6 heteroatoms. The van der Waals surface area contributed by atoms with E-state index < -0.39 is 18.0 Å². The summed E-state index contributed by atoms with van der Waals surface area (Å²) in [6.45, 7) is 2.23. The van der Waals surface area contributed by atoms with Gasteiger partial charge in [-0.15, -0.1) is 0 Å². The van der Waals surface area contributed by atoms with Crippen LogP contribution >= 0.6 is 0 Å². The van der Waals surface area contributed by atoms with Crippen molar-refractivity contribution in [3.05, 3.63) is 72.3 Å². The van der Waals surface area contributed by atoms with Gasteiger partial charge in [0.15, 0.2) is 6.10 Å². The van der Waals surface area contributed by atoms with Crippen molar-refractivity contribution < 1.29 is 19.1 Å². The van der Waals surface area contributed by atoms with Gasteiger partial charge in [-0.25, -0.2) is 4.79 Å². The minimum Gasteiger partial charge on any atom is -0.449 e. The van der Waals surface area contributed by atoms with Crippen LogP contribution in [0.25, 0.3) is 10.8 Å². The molecule has 152 valence electrons. The Kier molecular flexibility index (Phi) is 5.48. The summed E-state index contributed by atoms with van der Waals surface area (Å²) in [6.07, 6.45) is 0.426. The zero-order chi connectivity index (χ0) is 21.1. The SMILES string of the molecule is CC(OC(=O)c1ccc(N2CCCC2=O)cc1)C(=O)Nc1cccc2ccccc12. The Morgan fingerprint density at radius 2 is 1.73 bits per heavy atom. The molecule has 6 nitrogen and oxygen atoms in total. The van der Waals surface area contributed by atoms with E-state index >= 15 is 0 Å². The van der Waals surface area contributed by atoms with Crippen molar-refractivity contribution in [2.45, 2.75) is 25.9 Å². The number of anilines is 2. The van der Waals surface area contributed by atoms with E-state index in [2.05, 4.69) is 5.32 Å². The van der Waals surface area contributed by atoms with Gasteiger partial charge in [0, 0.05) is 29.7 Å².